The van der Waals surface area contributed by atoms with Gasteiger partial charge in [0.15, 0.2) is 9.84 Å². The number of hydrogen-bond donors (Lipinski definition) is 0. The van der Waals surface area contributed by atoms with E-state index in [0.717, 1.165) is 5.56 Å². The topological polar surface area (TPSA) is 63.7 Å². The number of hydrogen-bond acceptors (Lipinski definition) is 5. The maximum Gasteiger partial charge on any atom is 0.330 e. The lowest BCUT2D eigenvalue weighted by Crippen LogP contribution is -2.44. The average molecular weight is 339 g/mol. The first-order chi connectivity index (χ1) is 10.6. The normalized spacial score (nSPS) is 20.3. The number of aryl methyl sites for hydroxylation is 1. The fraction of sp³-hybridized carbons (Fsp3) is 0.588. The highest BCUT2D eigenvalue weighted by Gasteiger charge is 2.35. The maximum absolute atomic E-state index is 12.8. The Hall–Kier alpha value is -1.40. The van der Waals surface area contributed by atoms with E-state index in [2.05, 4.69) is 0 Å². The predicted molar refractivity (Wildman–Crippen MR) is 88.5 cm³/mol. The van der Waals surface area contributed by atoms with Gasteiger partial charge in [0.25, 0.3) is 0 Å². The smallest absolute Gasteiger partial charge is 0.330 e. The highest BCUT2D eigenvalue weighted by molar-refractivity contribution is 7.92. The van der Waals surface area contributed by atoms with Crippen LogP contribution in [0.3, 0.4) is 0 Å². The predicted octanol–water partition coefficient (Wildman–Crippen LogP) is 2.74. The molecule has 1 fully saturated rings. The summed E-state index contributed by atoms with van der Waals surface area (Å²) < 4.78 is 25.5. The summed E-state index contributed by atoms with van der Waals surface area (Å²) in [5.74, 6) is -0.342. The summed E-state index contributed by atoms with van der Waals surface area (Å²) in [6.07, 6.45) is 1.27. The highest BCUT2D eigenvalue weighted by Crippen LogP contribution is 2.25. The van der Waals surface area contributed by atoms with Gasteiger partial charge < -0.3 is 4.84 Å². The van der Waals surface area contributed by atoms with Gasteiger partial charge in [-0.2, -0.15) is 0 Å². The van der Waals surface area contributed by atoms with Crippen molar-refractivity contribution in [1.29, 1.82) is 0 Å². The summed E-state index contributed by atoms with van der Waals surface area (Å²) >= 11 is 0. The molecule has 2 rings (SSSR count). The summed E-state index contributed by atoms with van der Waals surface area (Å²) in [6.45, 7) is 8.05. The molecule has 6 heteroatoms. The van der Waals surface area contributed by atoms with E-state index in [1.807, 2.05) is 6.92 Å². The molecule has 0 spiro atoms. The van der Waals surface area contributed by atoms with E-state index in [-0.39, 0.29) is 12.5 Å². The van der Waals surface area contributed by atoms with Crippen molar-refractivity contribution in [2.75, 3.05) is 13.1 Å². The second-order valence-corrected chi connectivity index (χ2v) is 9.37. The Labute approximate surface area is 138 Å². The molecule has 0 saturated carbocycles. The Morgan fingerprint density at radius 2 is 1.83 bits per heavy atom. The number of sulfone groups is 1. The van der Waals surface area contributed by atoms with Crippen LogP contribution in [0.4, 0.5) is 0 Å². The Bertz CT molecular complexity index is 659. The summed E-state index contributed by atoms with van der Waals surface area (Å²) in [4.78, 5) is 17.7. The molecule has 1 saturated heterocycles. The van der Waals surface area contributed by atoms with Gasteiger partial charge in [-0.15, -0.1) is 5.06 Å². The van der Waals surface area contributed by atoms with Gasteiger partial charge >= 0.3 is 5.97 Å². The zero-order chi connectivity index (χ0) is 17.3. The molecular weight excluding hydrogens is 314 g/mol. The minimum absolute atomic E-state index is 0.220. The standard InChI is InChI=1S/C17H25NO4S/c1-13-7-9-14(10-8-13)23(20,21)15-6-5-11-18(12-15)22-16(19)17(2,3)4/h7-10,15H,5-6,11-12H2,1-4H3. The highest BCUT2D eigenvalue weighted by atomic mass is 32.2. The second kappa shape index (κ2) is 6.61. The molecule has 1 atom stereocenters. The van der Waals surface area contributed by atoms with E-state index in [1.165, 1.54) is 5.06 Å². The van der Waals surface area contributed by atoms with Crippen LogP contribution < -0.4 is 0 Å². The third-order valence-corrected chi connectivity index (χ3v) is 6.15. The third-order valence-electron chi connectivity index (χ3n) is 3.95. The molecule has 1 aliphatic heterocycles. The molecule has 1 aromatic carbocycles. The quantitative estimate of drug-likeness (QED) is 0.847. The summed E-state index contributed by atoms with van der Waals surface area (Å²) in [5.41, 5.74) is 0.413. The van der Waals surface area contributed by atoms with Crippen LogP contribution in [0, 0.1) is 12.3 Å². The number of carbonyl (C=O) groups is 1. The van der Waals surface area contributed by atoms with Gasteiger partial charge in [-0.25, -0.2) is 13.2 Å². The zero-order valence-electron chi connectivity index (χ0n) is 14.2. The van der Waals surface area contributed by atoms with Gasteiger partial charge in [0.05, 0.1) is 22.1 Å². The van der Waals surface area contributed by atoms with E-state index in [4.69, 9.17) is 4.84 Å². The number of piperidine rings is 1. The van der Waals surface area contributed by atoms with E-state index < -0.39 is 20.5 Å². The van der Waals surface area contributed by atoms with Crippen molar-refractivity contribution < 1.29 is 18.0 Å². The lowest BCUT2D eigenvalue weighted by molar-refractivity contribution is -0.203. The molecule has 1 aliphatic rings. The lowest BCUT2D eigenvalue weighted by atomic mass is 9.98. The van der Waals surface area contributed by atoms with Crippen molar-refractivity contribution in [1.82, 2.24) is 5.06 Å². The first-order valence-electron chi connectivity index (χ1n) is 7.88. The molecule has 0 radical (unpaired) electrons. The van der Waals surface area contributed by atoms with Gasteiger partial charge in [-0.3, -0.25) is 0 Å². The first-order valence-corrected chi connectivity index (χ1v) is 9.43. The minimum Gasteiger partial charge on any atom is -0.367 e. The van der Waals surface area contributed by atoms with Crippen LogP contribution in [0.2, 0.25) is 0 Å². The molecule has 1 unspecified atom stereocenters. The fourth-order valence-electron chi connectivity index (χ4n) is 2.42. The molecule has 1 aromatic rings. The SMILES string of the molecule is Cc1ccc(S(=O)(=O)C2CCCN(OC(=O)C(C)(C)C)C2)cc1. The number of hydroxylamine groups is 2. The van der Waals surface area contributed by atoms with Crippen molar-refractivity contribution in [3.63, 3.8) is 0 Å². The molecule has 0 bridgehead atoms. The molecule has 0 aliphatic carbocycles. The van der Waals surface area contributed by atoms with Crippen LogP contribution in [-0.4, -0.2) is 37.8 Å². The third kappa shape index (κ3) is 4.32. The van der Waals surface area contributed by atoms with E-state index in [1.54, 1.807) is 45.0 Å². The van der Waals surface area contributed by atoms with Gasteiger partial charge in [0.2, 0.25) is 0 Å². The molecular formula is C17H25NO4S. The fourth-order valence-corrected chi connectivity index (χ4v) is 4.16. The van der Waals surface area contributed by atoms with Crippen LogP contribution in [0.1, 0.15) is 39.2 Å². The summed E-state index contributed by atoms with van der Waals surface area (Å²) in [6, 6.07) is 6.88. The van der Waals surface area contributed by atoms with Crippen molar-refractivity contribution in [2.24, 2.45) is 5.41 Å². The minimum atomic E-state index is -3.42. The monoisotopic (exact) mass is 339 g/mol. The number of carbonyl (C=O) groups excluding carboxylic acids is 1. The van der Waals surface area contributed by atoms with E-state index >= 15 is 0 Å². The van der Waals surface area contributed by atoms with E-state index in [0.29, 0.717) is 24.3 Å². The van der Waals surface area contributed by atoms with E-state index in [9.17, 15) is 13.2 Å². The Morgan fingerprint density at radius 1 is 1.22 bits per heavy atom. The summed E-state index contributed by atoms with van der Waals surface area (Å²) in [5, 5.41) is 0.944. The molecule has 1 heterocycles. The second-order valence-electron chi connectivity index (χ2n) is 7.14. The molecule has 0 N–H and O–H groups in total. The van der Waals surface area contributed by atoms with Gasteiger partial charge in [0.1, 0.15) is 0 Å². The van der Waals surface area contributed by atoms with Crippen LogP contribution in [0.5, 0.6) is 0 Å². The van der Waals surface area contributed by atoms with Gasteiger partial charge in [-0.1, -0.05) is 17.7 Å². The van der Waals surface area contributed by atoms with Crippen molar-refractivity contribution in [3.05, 3.63) is 29.8 Å². The van der Waals surface area contributed by atoms with Crippen molar-refractivity contribution in [3.8, 4) is 0 Å². The molecule has 0 amide bonds. The van der Waals surface area contributed by atoms with Crippen LogP contribution in [0.25, 0.3) is 0 Å². The van der Waals surface area contributed by atoms with Crippen molar-refractivity contribution in [2.45, 2.75) is 50.7 Å². The Morgan fingerprint density at radius 3 is 2.39 bits per heavy atom. The van der Waals surface area contributed by atoms with Crippen LogP contribution in [-0.2, 0) is 19.5 Å². The number of nitrogens with zero attached hydrogens (tertiary/aromatic N) is 1. The van der Waals surface area contributed by atoms with Crippen molar-refractivity contribution >= 4 is 15.8 Å². The Kier molecular flexibility index (Phi) is 5.16. The molecule has 128 valence electrons. The molecule has 0 aromatic heterocycles. The lowest BCUT2D eigenvalue weighted by Gasteiger charge is -2.32. The van der Waals surface area contributed by atoms with Gasteiger partial charge in [0, 0.05) is 6.54 Å². The molecule has 23 heavy (non-hydrogen) atoms. The summed E-state index contributed by atoms with van der Waals surface area (Å²) in [7, 11) is -3.42. The first kappa shape index (κ1) is 17.9. The largest absolute Gasteiger partial charge is 0.367 e. The average Bonchev–Trinajstić information content (AvgIpc) is 2.47. The number of rotatable bonds is 3. The number of benzene rings is 1. The maximum atomic E-state index is 12.8. The van der Waals surface area contributed by atoms with Gasteiger partial charge in [-0.05, 0) is 52.7 Å². The van der Waals surface area contributed by atoms with Crippen LogP contribution in [0.15, 0.2) is 29.2 Å². The molecule has 5 nitrogen and oxygen atoms in total. The zero-order valence-corrected chi connectivity index (χ0v) is 15.0. The Balaban J connectivity index is 2.11. The van der Waals surface area contributed by atoms with Crippen LogP contribution >= 0.6 is 0 Å².